The van der Waals surface area contributed by atoms with Crippen molar-refractivity contribution in [1.82, 2.24) is 0 Å². The molecular weight excluding hydrogens is 282 g/mol. The summed E-state index contributed by atoms with van der Waals surface area (Å²) in [4.78, 5) is 3.93. The van der Waals surface area contributed by atoms with Crippen molar-refractivity contribution in [3.63, 3.8) is 0 Å². The van der Waals surface area contributed by atoms with Gasteiger partial charge in [0.05, 0.1) is 5.69 Å². The Labute approximate surface area is 128 Å². The van der Waals surface area contributed by atoms with Gasteiger partial charge in [0.1, 0.15) is 5.71 Å². The fraction of sp³-hybridized carbons (Fsp3) is 0.200. The molecule has 6 heteroatoms. The lowest BCUT2D eigenvalue weighted by Gasteiger charge is -2.01. The molecule has 1 aromatic rings. The maximum atomic E-state index is 5.71. The minimum absolute atomic E-state index is 0.197. The lowest BCUT2D eigenvalue weighted by molar-refractivity contribution is 1.06. The number of thioether (sulfide) groups is 1. The number of hydrogen-bond acceptors (Lipinski definition) is 4. The molecule has 0 spiro atoms. The highest BCUT2D eigenvalue weighted by Crippen LogP contribution is 2.31. The fourth-order valence-electron chi connectivity index (χ4n) is 1.85. The molecule has 0 unspecified atom stereocenters. The van der Waals surface area contributed by atoms with Gasteiger partial charge in [0.2, 0.25) is 0 Å². The molecule has 0 fully saturated rings. The first kappa shape index (κ1) is 15.2. The van der Waals surface area contributed by atoms with Crippen LogP contribution in [0.2, 0.25) is 0 Å². The summed E-state index contributed by atoms with van der Waals surface area (Å²) in [6.07, 6.45) is 2.62. The smallest absolute Gasteiger partial charge is 0.173 e. The Hall–Kier alpha value is -2.21. The SMILES string of the molecule is C=CC(=NC)C(N)=NN=Nc1cccc(C2=CSCC2)c1. The van der Waals surface area contributed by atoms with E-state index in [1.54, 1.807) is 7.05 Å². The first-order valence-corrected chi connectivity index (χ1v) is 7.54. The van der Waals surface area contributed by atoms with Crippen LogP contribution in [0.4, 0.5) is 5.69 Å². The number of rotatable bonds is 5. The lowest BCUT2D eigenvalue weighted by atomic mass is 10.1. The Bertz CT molecular complexity index is 643. The molecule has 1 aliphatic heterocycles. The molecule has 0 aromatic heterocycles. The van der Waals surface area contributed by atoms with Gasteiger partial charge in [0.25, 0.3) is 0 Å². The van der Waals surface area contributed by atoms with Gasteiger partial charge in [-0.2, -0.15) is 0 Å². The van der Waals surface area contributed by atoms with Crippen molar-refractivity contribution in [3.05, 3.63) is 47.9 Å². The van der Waals surface area contributed by atoms with E-state index < -0.39 is 0 Å². The number of benzene rings is 1. The number of aliphatic imine (C=N–C) groups is 1. The molecule has 0 amide bonds. The van der Waals surface area contributed by atoms with E-state index in [0.717, 1.165) is 17.9 Å². The van der Waals surface area contributed by atoms with E-state index in [9.17, 15) is 0 Å². The monoisotopic (exact) mass is 299 g/mol. The van der Waals surface area contributed by atoms with Crippen LogP contribution < -0.4 is 5.73 Å². The summed E-state index contributed by atoms with van der Waals surface area (Å²) in [5, 5.41) is 13.8. The zero-order valence-corrected chi connectivity index (χ0v) is 12.7. The van der Waals surface area contributed by atoms with Crippen molar-refractivity contribution in [2.45, 2.75) is 6.42 Å². The molecule has 2 rings (SSSR count). The minimum atomic E-state index is 0.197. The van der Waals surface area contributed by atoms with E-state index in [1.165, 1.54) is 17.2 Å². The van der Waals surface area contributed by atoms with Gasteiger partial charge in [0, 0.05) is 12.8 Å². The predicted molar refractivity (Wildman–Crippen MR) is 91.2 cm³/mol. The van der Waals surface area contributed by atoms with Crippen molar-refractivity contribution < 1.29 is 0 Å². The first-order valence-electron chi connectivity index (χ1n) is 6.49. The Kier molecular flexibility index (Phi) is 5.45. The van der Waals surface area contributed by atoms with Gasteiger partial charge in [-0.15, -0.1) is 22.0 Å². The minimum Gasteiger partial charge on any atom is -0.380 e. The lowest BCUT2D eigenvalue weighted by Crippen LogP contribution is -2.21. The van der Waals surface area contributed by atoms with Crippen LogP contribution in [0.15, 0.2) is 62.8 Å². The summed E-state index contributed by atoms with van der Waals surface area (Å²) in [6.45, 7) is 3.60. The van der Waals surface area contributed by atoms with Gasteiger partial charge in [0.15, 0.2) is 5.84 Å². The molecule has 0 aliphatic carbocycles. The summed E-state index contributed by atoms with van der Waals surface area (Å²) in [5.41, 5.74) is 9.47. The van der Waals surface area contributed by atoms with Crippen LogP contribution >= 0.6 is 11.8 Å². The maximum Gasteiger partial charge on any atom is 0.173 e. The molecular formula is C15H17N5S. The Morgan fingerprint density at radius 2 is 2.29 bits per heavy atom. The largest absolute Gasteiger partial charge is 0.380 e. The van der Waals surface area contributed by atoms with Crippen LogP contribution in [0.1, 0.15) is 12.0 Å². The van der Waals surface area contributed by atoms with E-state index in [4.69, 9.17) is 5.73 Å². The number of nitrogens with two attached hydrogens (primary N) is 1. The highest BCUT2D eigenvalue weighted by molar-refractivity contribution is 8.02. The Morgan fingerprint density at radius 3 is 2.95 bits per heavy atom. The molecule has 0 saturated carbocycles. The number of amidine groups is 1. The third-order valence-corrected chi connectivity index (χ3v) is 3.83. The van der Waals surface area contributed by atoms with Crippen LogP contribution in [0.5, 0.6) is 0 Å². The predicted octanol–water partition coefficient (Wildman–Crippen LogP) is 3.78. The van der Waals surface area contributed by atoms with Crippen LogP contribution in [-0.2, 0) is 0 Å². The summed E-state index contributed by atoms with van der Waals surface area (Å²) in [5.74, 6) is 1.34. The summed E-state index contributed by atoms with van der Waals surface area (Å²) in [6, 6.07) is 7.91. The molecule has 1 heterocycles. The van der Waals surface area contributed by atoms with Crippen LogP contribution in [-0.4, -0.2) is 24.3 Å². The van der Waals surface area contributed by atoms with Gasteiger partial charge in [-0.3, -0.25) is 4.99 Å². The second-order valence-electron chi connectivity index (χ2n) is 4.30. The summed E-state index contributed by atoms with van der Waals surface area (Å²) < 4.78 is 0. The third-order valence-electron chi connectivity index (χ3n) is 2.94. The van der Waals surface area contributed by atoms with Crippen molar-refractivity contribution in [2.24, 2.45) is 26.2 Å². The van der Waals surface area contributed by atoms with Gasteiger partial charge in [-0.05, 0) is 46.4 Å². The standard InChI is InChI=1S/C15H17N5S/c1-3-14(17-2)15(16)19-20-18-13-6-4-5-11(9-13)12-7-8-21-10-12/h3-6,9-10H,1,7-8H2,2H3,(H2,16,18,19). The van der Waals surface area contributed by atoms with Gasteiger partial charge < -0.3 is 5.73 Å². The van der Waals surface area contributed by atoms with E-state index in [1.807, 2.05) is 30.0 Å². The maximum absolute atomic E-state index is 5.71. The summed E-state index contributed by atoms with van der Waals surface area (Å²) in [7, 11) is 1.62. The van der Waals surface area contributed by atoms with Crippen molar-refractivity contribution in [2.75, 3.05) is 12.8 Å². The van der Waals surface area contributed by atoms with Gasteiger partial charge in [-0.25, -0.2) is 0 Å². The molecule has 1 aliphatic rings. The Balaban J connectivity index is 2.13. The average Bonchev–Trinajstić information content (AvgIpc) is 3.03. The average molecular weight is 299 g/mol. The van der Waals surface area contributed by atoms with E-state index in [2.05, 4.69) is 38.5 Å². The second kappa shape index (κ2) is 7.54. The molecule has 0 atom stereocenters. The van der Waals surface area contributed by atoms with Crippen molar-refractivity contribution in [3.8, 4) is 0 Å². The van der Waals surface area contributed by atoms with Crippen molar-refractivity contribution in [1.29, 1.82) is 0 Å². The molecule has 108 valence electrons. The quantitative estimate of drug-likeness (QED) is 0.389. The molecule has 5 nitrogen and oxygen atoms in total. The van der Waals surface area contributed by atoms with E-state index in [-0.39, 0.29) is 5.84 Å². The third kappa shape index (κ3) is 4.13. The summed E-state index contributed by atoms with van der Waals surface area (Å²) >= 11 is 1.84. The molecule has 0 saturated heterocycles. The van der Waals surface area contributed by atoms with Crippen LogP contribution in [0, 0.1) is 0 Å². The van der Waals surface area contributed by atoms with Crippen LogP contribution in [0.3, 0.4) is 0 Å². The van der Waals surface area contributed by atoms with Gasteiger partial charge in [-0.1, -0.05) is 18.7 Å². The molecule has 0 radical (unpaired) electrons. The van der Waals surface area contributed by atoms with E-state index in [0.29, 0.717) is 5.71 Å². The van der Waals surface area contributed by atoms with Crippen molar-refractivity contribution >= 4 is 34.6 Å². The zero-order chi connectivity index (χ0) is 15.1. The topological polar surface area (TPSA) is 75.5 Å². The number of allylic oxidation sites excluding steroid dienone is 1. The molecule has 2 N–H and O–H groups in total. The fourth-order valence-corrected chi connectivity index (χ4v) is 2.76. The first-order chi connectivity index (χ1) is 10.2. The number of nitrogens with zero attached hydrogens (tertiary/aromatic N) is 4. The van der Waals surface area contributed by atoms with Gasteiger partial charge >= 0.3 is 0 Å². The van der Waals surface area contributed by atoms with E-state index >= 15 is 0 Å². The normalized spacial score (nSPS) is 16.3. The molecule has 21 heavy (non-hydrogen) atoms. The molecule has 1 aromatic carbocycles. The second-order valence-corrected chi connectivity index (χ2v) is 5.28. The van der Waals surface area contributed by atoms with Crippen LogP contribution in [0.25, 0.3) is 5.57 Å². The number of hydrogen-bond donors (Lipinski definition) is 1. The molecule has 0 bridgehead atoms. The highest BCUT2D eigenvalue weighted by atomic mass is 32.2. The highest BCUT2D eigenvalue weighted by Gasteiger charge is 2.07. The Morgan fingerprint density at radius 1 is 1.43 bits per heavy atom. The zero-order valence-electron chi connectivity index (χ0n) is 11.9.